The highest BCUT2D eigenvalue weighted by molar-refractivity contribution is 7.05. The van der Waals surface area contributed by atoms with Gasteiger partial charge in [0, 0.05) is 11.3 Å². The summed E-state index contributed by atoms with van der Waals surface area (Å²) in [5.41, 5.74) is 2.07. The van der Waals surface area contributed by atoms with E-state index in [-0.39, 0.29) is 6.42 Å². The van der Waals surface area contributed by atoms with Gasteiger partial charge in [-0.3, -0.25) is 4.79 Å². The summed E-state index contributed by atoms with van der Waals surface area (Å²) >= 11 is 1.44. The molecule has 1 aromatic heterocycles. The predicted molar refractivity (Wildman–Crippen MR) is 47.5 cm³/mol. The molecule has 0 saturated carbocycles. The predicted octanol–water partition coefficient (Wildman–Crippen LogP) is 1.78. The first kappa shape index (κ1) is 9.19. The Bertz CT molecular complexity index is 274. The van der Waals surface area contributed by atoms with Gasteiger partial charge >= 0.3 is 5.97 Å². The molecule has 0 spiro atoms. The van der Waals surface area contributed by atoms with E-state index in [1.807, 2.05) is 13.8 Å². The molecule has 1 rings (SSSR count). The molecule has 0 saturated heterocycles. The van der Waals surface area contributed by atoms with Crippen LogP contribution in [0.4, 0.5) is 0 Å². The molecule has 1 heterocycles. The van der Waals surface area contributed by atoms with Gasteiger partial charge in [-0.2, -0.15) is 4.37 Å². The summed E-state index contributed by atoms with van der Waals surface area (Å²) in [6.07, 6.45) is 0.795. The number of hydrogen-bond donors (Lipinski definition) is 1. The van der Waals surface area contributed by atoms with Crippen LogP contribution < -0.4 is 0 Å². The highest BCUT2D eigenvalue weighted by Crippen LogP contribution is 2.18. The Balaban J connectivity index is 2.68. The zero-order chi connectivity index (χ0) is 9.14. The quantitative estimate of drug-likeness (QED) is 0.780. The lowest BCUT2D eigenvalue weighted by molar-refractivity contribution is -0.136. The number of rotatable bonds is 3. The Hall–Kier alpha value is -0.900. The Kier molecular flexibility index (Phi) is 2.81. The second-order valence-electron chi connectivity index (χ2n) is 2.70. The van der Waals surface area contributed by atoms with E-state index in [1.165, 1.54) is 11.5 Å². The summed E-state index contributed by atoms with van der Waals surface area (Å²) in [7, 11) is 0. The minimum absolute atomic E-state index is 0.195. The van der Waals surface area contributed by atoms with E-state index in [2.05, 4.69) is 4.37 Å². The van der Waals surface area contributed by atoms with Crippen LogP contribution >= 0.6 is 11.5 Å². The molecule has 1 N–H and O–H groups in total. The van der Waals surface area contributed by atoms with Gasteiger partial charge in [0.15, 0.2) is 0 Å². The monoisotopic (exact) mass is 185 g/mol. The van der Waals surface area contributed by atoms with Crippen molar-refractivity contribution in [3.63, 3.8) is 0 Å². The second kappa shape index (κ2) is 3.67. The highest BCUT2D eigenvalue weighted by Gasteiger charge is 2.07. The smallest absolute Gasteiger partial charge is 0.303 e. The molecule has 0 aliphatic carbocycles. The van der Waals surface area contributed by atoms with E-state index in [0.29, 0.717) is 6.42 Å². The number of aryl methyl sites for hydroxylation is 2. The number of carboxylic acid groups (broad SMARTS) is 1. The van der Waals surface area contributed by atoms with Gasteiger partial charge in [-0.15, -0.1) is 0 Å². The Labute approximate surface area is 75.2 Å². The molecule has 12 heavy (non-hydrogen) atoms. The topological polar surface area (TPSA) is 50.2 Å². The van der Waals surface area contributed by atoms with Gasteiger partial charge in [0.1, 0.15) is 0 Å². The first-order valence-corrected chi connectivity index (χ1v) is 4.52. The molecule has 1 aromatic rings. The molecule has 0 amide bonds. The van der Waals surface area contributed by atoms with Crippen LogP contribution in [0.25, 0.3) is 0 Å². The van der Waals surface area contributed by atoms with Crippen molar-refractivity contribution in [3.8, 4) is 0 Å². The van der Waals surface area contributed by atoms with Gasteiger partial charge in [0.05, 0.1) is 5.69 Å². The number of carbonyl (C=O) groups is 1. The molecule has 0 radical (unpaired) electrons. The first-order chi connectivity index (χ1) is 5.61. The average molecular weight is 185 g/mol. The van der Waals surface area contributed by atoms with Crippen LogP contribution in [-0.2, 0) is 11.2 Å². The minimum Gasteiger partial charge on any atom is -0.481 e. The zero-order valence-electron chi connectivity index (χ0n) is 7.13. The van der Waals surface area contributed by atoms with Crippen LogP contribution in [0, 0.1) is 13.8 Å². The largest absolute Gasteiger partial charge is 0.481 e. The van der Waals surface area contributed by atoms with Crippen LogP contribution in [0.3, 0.4) is 0 Å². The van der Waals surface area contributed by atoms with Gasteiger partial charge < -0.3 is 5.11 Å². The van der Waals surface area contributed by atoms with Gasteiger partial charge in [0.25, 0.3) is 0 Å². The first-order valence-electron chi connectivity index (χ1n) is 3.75. The molecule has 3 nitrogen and oxygen atoms in total. The molecule has 0 aromatic carbocycles. The maximum absolute atomic E-state index is 10.3. The third-order valence-electron chi connectivity index (χ3n) is 1.77. The average Bonchev–Trinajstić information content (AvgIpc) is 2.28. The molecule has 0 bridgehead atoms. The highest BCUT2D eigenvalue weighted by atomic mass is 32.1. The molecule has 0 aliphatic rings. The molecule has 0 aliphatic heterocycles. The molecular weight excluding hydrogens is 174 g/mol. The fraction of sp³-hybridized carbons (Fsp3) is 0.500. The third-order valence-corrected chi connectivity index (χ3v) is 2.66. The van der Waals surface area contributed by atoms with Gasteiger partial charge in [-0.05, 0) is 37.4 Å². The van der Waals surface area contributed by atoms with Crippen LogP contribution in [-0.4, -0.2) is 15.4 Å². The summed E-state index contributed by atoms with van der Waals surface area (Å²) in [5, 5.41) is 8.48. The summed E-state index contributed by atoms with van der Waals surface area (Å²) in [6.45, 7) is 3.89. The number of nitrogens with zero attached hydrogens (tertiary/aromatic N) is 1. The van der Waals surface area contributed by atoms with Gasteiger partial charge in [-0.25, -0.2) is 0 Å². The third kappa shape index (κ3) is 2.04. The Morgan fingerprint density at radius 2 is 2.25 bits per heavy atom. The lowest BCUT2D eigenvalue weighted by Crippen LogP contribution is -1.98. The van der Waals surface area contributed by atoms with E-state index in [1.54, 1.807) is 0 Å². The van der Waals surface area contributed by atoms with Crippen molar-refractivity contribution in [2.24, 2.45) is 0 Å². The van der Waals surface area contributed by atoms with E-state index < -0.39 is 5.97 Å². The number of aliphatic carboxylic acids is 1. The molecule has 0 unspecified atom stereocenters. The van der Waals surface area contributed by atoms with Crippen molar-refractivity contribution in [1.82, 2.24) is 4.37 Å². The normalized spacial score (nSPS) is 10.2. The van der Waals surface area contributed by atoms with Crippen LogP contribution in [0.1, 0.15) is 22.6 Å². The lowest BCUT2D eigenvalue weighted by atomic mass is 10.1. The zero-order valence-corrected chi connectivity index (χ0v) is 7.94. The van der Waals surface area contributed by atoms with Crippen molar-refractivity contribution in [2.45, 2.75) is 26.7 Å². The van der Waals surface area contributed by atoms with E-state index >= 15 is 0 Å². The number of hydrogen-bond acceptors (Lipinski definition) is 3. The molecule has 4 heteroatoms. The van der Waals surface area contributed by atoms with E-state index in [4.69, 9.17) is 5.11 Å². The van der Waals surface area contributed by atoms with Crippen molar-refractivity contribution >= 4 is 17.5 Å². The van der Waals surface area contributed by atoms with E-state index in [9.17, 15) is 4.79 Å². The lowest BCUT2D eigenvalue weighted by Gasteiger charge is -1.96. The maximum atomic E-state index is 10.3. The van der Waals surface area contributed by atoms with Crippen LogP contribution in [0.5, 0.6) is 0 Å². The SMILES string of the molecule is Cc1nsc(C)c1CCC(=O)O. The summed E-state index contributed by atoms with van der Waals surface area (Å²) in [4.78, 5) is 11.4. The van der Waals surface area contributed by atoms with Crippen molar-refractivity contribution in [3.05, 3.63) is 16.1 Å². The van der Waals surface area contributed by atoms with Crippen LogP contribution in [0.15, 0.2) is 0 Å². The standard InChI is InChI=1S/C8H11NO2S/c1-5-7(3-4-8(10)11)6(2)12-9-5/h3-4H2,1-2H3,(H,10,11). The van der Waals surface area contributed by atoms with Crippen molar-refractivity contribution in [2.75, 3.05) is 0 Å². The van der Waals surface area contributed by atoms with Gasteiger partial charge in [-0.1, -0.05) is 0 Å². The molecular formula is C8H11NO2S. The second-order valence-corrected chi connectivity index (χ2v) is 3.67. The number of aromatic nitrogens is 1. The summed E-state index contributed by atoms with van der Waals surface area (Å²) in [5.74, 6) is -0.750. The van der Waals surface area contributed by atoms with Crippen molar-refractivity contribution < 1.29 is 9.90 Å². The number of carboxylic acids is 1. The molecule has 66 valence electrons. The van der Waals surface area contributed by atoms with E-state index in [0.717, 1.165) is 16.1 Å². The summed E-state index contributed by atoms with van der Waals surface area (Å²) < 4.78 is 4.14. The molecule has 0 atom stereocenters. The molecule has 0 fully saturated rings. The van der Waals surface area contributed by atoms with Crippen LogP contribution in [0.2, 0.25) is 0 Å². The maximum Gasteiger partial charge on any atom is 0.303 e. The Morgan fingerprint density at radius 3 is 2.67 bits per heavy atom. The fourth-order valence-electron chi connectivity index (χ4n) is 1.09. The van der Waals surface area contributed by atoms with Crippen molar-refractivity contribution in [1.29, 1.82) is 0 Å². The minimum atomic E-state index is -0.750. The van der Waals surface area contributed by atoms with Gasteiger partial charge in [0.2, 0.25) is 0 Å². The fourth-order valence-corrected chi connectivity index (χ4v) is 1.83. The Morgan fingerprint density at radius 1 is 1.58 bits per heavy atom. The summed E-state index contributed by atoms with van der Waals surface area (Å²) in [6, 6.07) is 0.